The van der Waals surface area contributed by atoms with Crippen molar-refractivity contribution in [2.75, 3.05) is 12.3 Å². The summed E-state index contributed by atoms with van der Waals surface area (Å²) in [6, 6.07) is 7.71. The molecule has 0 aromatic heterocycles. The molecule has 0 amide bonds. The Morgan fingerprint density at radius 2 is 1.81 bits per heavy atom. The van der Waals surface area contributed by atoms with Gasteiger partial charge >= 0.3 is 0 Å². The summed E-state index contributed by atoms with van der Waals surface area (Å²) >= 11 is 1.55. The van der Waals surface area contributed by atoms with Crippen molar-refractivity contribution in [1.29, 1.82) is 0 Å². The van der Waals surface area contributed by atoms with Crippen LogP contribution in [0.15, 0.2) is 29.2 Å². The number of rotatable bonds is 8. The molecule has 118 valence electrons. The third-order valence-electron chi connectivity index (χ3n) is 2.82. The quantitative estimate of drug-likeness (QED) is 0.569. The topological polar surface area (TPSA) is 64.3 Å². The van der Waals surface area contributed by atoms with Crippen molar-refractivity contribution < 1.29 is 9.53 Å². The predicted octanol–water partition coefficient (Wildman–Crippen LogP) is 3.42. The molecule has 0 heterocycles. The minimum Gasteiger partial charge on any atom is -0.399 e. The first-order valence-electron chi connectivity index (χ1n) is 7.03. The largest absolute Gasteiger partial charge is 0.399 e. The SMILES string of the molecule is CC(=O)CC(C)(C)OCC(C)(C)NSc1ccc(N)cc1. The summed E-state index contributed by atoms with van der Waals surface area (Å²) in [5.74, 6) is 0.141. The number of carbonyl (C=O) groups excluding carboxylic acids is 1. The molecular weight excluding hydrogens is 284 g/mol. The van der Waals surface area contributed by atoms with Crippen molar-refractivity contribution in [1.82, 2.24) is 4.72 Å². The van der Waals surface area contributed by atoms with Gasteiger partial charge in [-0.15, -0.1) is 0 Å². The molecule has 0 spiro atoms. The molecule has 0 bridgehead atoms. The molecule has 5 heteroatoms. The van der Waals surface area contributed by atoms with E-state index in [4.69, 9.17) is 10.5 Å². The lowest BCUT2D eigenvalue weighted by Gasteiger charge is -2.31. The second kappa shape index (κ2) is 7.29. The Morgan fingerprint density at radius 3 is 2.33 bits per heavy atom. The summed E-state index contributed by atoms with van der Waals surface area (Å²) in [6.07, 6.45) is 0.425. The molecular formula is C16H26N2O2S. The first kappa shape index (κ1) is 18.0. The Kier molecular flexibility index (Phi) is 6.25. The van der Waals surface area contributed by atoms with Crippen LogP contribution in [0, 0.1) is 0 Å². The van der Waals surface area contributed by atoms with E-state index in [9.17, 15) is 4.79 Å². The summed E-state index contributed by atoms with van der Waals surface area (Å²) in [5.41, 5.74) is 5.78. The summed E-state index contributed by atoms with van der Waals surface area (Å²) in [5, 5.41) is 0. The number of Topliss-reactive ketones (excluding diaryl/α,β-unsaturated/α-hetero) is 1. The van der Waals surface area contributed by atoms with Crippen LogP contribution in [0.2, 0.25) is 0 Å². The number of nitrogens with two attached hydrogens (primary N) is 1. The van der Waals surface area contributed by atoms with E-state index in [1.54, 1.807) is 18.9 Å². The van der Waals surface area contributed by atoms with E-state index in [0.29, 0.717) is 13.0 Å². The lowest BCUT2D eigenvalue weighted by atomic mass is 10.0. The van der Waals surface area contributed by atoms with Crippen molar-refractivity contribution >= 4 is 23.4 Å². The number of carbonyl (C=O) groups is 1. The van der Waals surface area contributed by atoms with Crippen molar-refractivity contribution in [3.8, 4) is 0 Å². The molecule has 0 unspecified atom stereocenters. The second-order valence-corrected chi connectivity index (χ2v) is 7.46. The summed E-state index contributed by atoms with van der Waals surface area (Å²) < 4.78 is 9.28. The average molecular weight is 310 g/mol. The minimum atomic E-state index is -0.434. The molecule has 0 radical (unpaired) electrons. The van der Waals surface area contributed by atoms with E-state index >= 15 is 0 Å². The molecule has 1 aromatic rings. The van der Waals surface area contributed by atoms with Gasteiger partial charge in [-0.3, -0.25) is 9.52 Å². The minimum absolute atomic E-state index is 0.141. The highest BCUT2D eigenvalue weighted by atomic mass is 32.2. The molecule has 0 atom stereocenters. The zero-order valence-corrected chi connectivity index (χ0v) is 14.3. The normalized spacial score (nSPS) is 12.4. The zero-order valence-electron chi connectivity index (χ0n) is 13.5. The van der Waals surface area contributed by atoms with Crippen molar-refractivity contribution in [2.24, 2.45) is 0 Å². The molecule has 0 aliphatic carbocycles. The van der Waals surface area contributed by atoms with Crippen LogP contribution in [0.3, 0.4) is 0 Å². The first-order valence-corrected chi connectivity index (χ1v) is 7.84. The van der Waals surface area contributed by atoms with Crippen LogP contribution in [0.4, 0.5) is 5.69 Å². The van der Waals surface area contributed by atoms with Crippen LogP contribution in [-0.4, -0.2) is 23.5 Å². The van der Waals surface area contributed by atoms with Gasteiger partial charge in [-0.2, -0.15) is 0 Å². The van der Waals surface area contributed by atoms with Gasteiger partial charge in [0.1, 0.15) is 5.78 Å². The molecule has 1 aromatic carbocycles. The number of nitrogen functional groups attached to an aromatic ring is 1. The second-order valence-electron chi connectivity index (χ2n) is 6.58. The molecule has 0 fully saturated rings. The standard InChI is InChI=1S/C16H26N2O2S/c1-12(19)10-16(4,5)20-11-15(2,3)18-21-14-8-6-13(17)7-9-14/h6-9,18H,10-11,17H2,1-5H3. The fraction of sp³-hybridized carbons (Fsp3) is 0.562. The molecule has 4 nitrogen and oxygen atoms in total. The zero-order chi connectivity index (χ0) is 16.1. The first-order chi connectivity index (χ1) is 9.60. The summed E-state index contributed by atoms with van der Waals surface area (Å²) in [7, 11) is 0. The van der Waals surface area contributed by atoms with Gasteiger partial charge < -0.3 is 10.5 Å². The van der Waals surface area contributed by atoms with Crippen molar-refractivity contribution in [3.63, 3.8) is 0 Å². The van der Waals surface area contributed by atoms with Gasteiger partial charge in [-0.1, -0.05) is 0 Å². The van der Waals surface area contributed by atoms with Gasteiger partial charge in [0.25, 0.3) is 0 Å². The molecule has 0 aliphatic heterocycles. The van der Waals surface area contributed by atoms with Crippen LogP contribution in [-0.2, 0) is 9.53 Å². The Labute approximate surface area is 132 Å². The number of anilines is 1. The van der Waals surface area contributed by atoms with Gasteiger partial charge in [0.2, 0.25) is 0 Å². The Bertz CT molecular complexity index is 470. The highest BCUT2D eigenvalue weighted by molar-refractivity contribution is 7.97. The summed E-state index contributed by atoms with van der Waals surface area (Å²) in [4.78, 5) is 12.3. The van der Waals surface area contributed by atoms with Crippen LogP contribution in [0.1, 0.15) is 41.0 Å². The van der Waals surface area contributed by atoms with Crippen LogP contribution in [0.25, 0.3) is 0 Å². The molecule has 0 aliphatic rings. The summed E-state index contributed by atoms with van der Waals surface area (Å²) in [6.45, 7) is 10.1. The van der Waals surface area contributed by atoms with Crippen LogP contribution in [0.5, 0.6) is 0 Å². The van der Waals surface area contributed by atoms with Gasteiger partial charge in [0, 0.05) is 22.5 Å². The monoisotopic (exact) mass is 310 g/mol. The number of ether oxygens (including phenoxy) is 1. The van der Waals surface area contributed by atoms with Gasteiger partial charge in [-0.25, -0.2) is 0 Å². The smallest absolute Gasteiger partial charge is 0.132 e. The van der Waals surface area contributed by atoms with Crippen LogP contribution < -0.4 is 10.5 Å². The predicted molar refractivity (Wildman–Crippen MR) is 89.3 cm³/mol. The lowest BCUT2D eigenvalue weighted by molar-refractivity contribution is -0.124. The third kappa shape index (κ3) is 7.50. The number of nitrogens with one attached hydrogen (secondary N) is 1. The molecule has 3 N–H and O–H groups in total. The third-order valence-corrected chi connectivity index (χ3v) is 3.99. The van der Waals surface area contributed by atoms with E-state index in [1.165, 1.54) is 0 Å². The van der Waals surface area contributed by atoms with Crippen molar-refractivity contribution in [3.05, 3.63) is 24.3 Å². The van der Waals surface area contributed by atoms with Crippen molar-refractivity contribution in [2.45, 2.75) is 57.1 Å². The maximum atomic E-state index is 11.2. The number of hydrogen-bond donors (Lipinski definition) is 2. The van der Waals surface area contributed by atoms with Gasteiger partial charge in [0.05, 0.1) is 12.2 Å². The number of hydrogen-bond acceptors (Lipinski definition) is 5. The van der Waals surface area contributed by atoms with Gasteiger partial charge in [-0.05, 0) is 70.8 Å². The Balaban J connectivity index is 2.46. The average Bonchev–Trinajstić information content (AvgIpc) is 2.35. The maximum Gasteiger partial charge on any atom is 0.132 e. The van der Waals surface area contributed by atoms with Gasteiger partial charge in [0.15, 0.2) is 0 Å². The molecule has 1 rings (SSSR count). The van der Waals surface area contributed by atoms with E-state index in [2.05, 4.69) is 18.6 Å². The fourth-order valence-corrected chi connectivity index (χ4v) is 2.51. The number of benzene rings is 1. The van der Waals surface area contributed by atoms with Crippen LogP contribution >= 0.6 is 11.9 Å². The molecule has 21 heavy (non-hydrogen) atoms. The Hall–Kier alpha value is -1.04. The Morgan fingerprint density at radius 1 is 1.24 bits per heavy atom. The van der Waals surface area contributed by atoms with E-state index in [1.807, 2.05) is 38.1 Å². The maximum absolute atomic E-state index is 11.2. The molecule has 0 saturated heterocycles. The number of ketones is 1. The lowest BCUT2D eigenvalue weighted by Crippen LogP contribution is -2.43. The highest BCUT2D eigenvalue weighted by Gasteiger charge is 2.26. The van der Waals surface area contributed by atoms with E-state index < -0.39 is 5.60 Å². The van der Waals surface area contributed by atoms with E-state index in [-0.39, 0.29) is 11.3 Å². The highest BCUT2D eigenvalue weighted by Crippen LogP contribution is 2.22. The molecule has 0 saturated carbocycles. The fourth-order valence-electron chi connectivity index (χ4n) is 1.79. The van der Waals surface area contributed by atoms with E-state index in [0.717, 1.165) is 10.6 Å².